The second kappa shape index (κ2) is 8.15. The molecule has 0 radical (unpaired) electrons. The highest BCUT2D eigenvalue weighted by Gasteiger charge is 2.14. The van der Waals surface area contributed by atoms with E-state index >= 15 is 0 Å². The molecule has 0 fully saturated rings. The Balaban J connectivity index is 1.77. The number of sulfonamides is 1. The molecule has 3 aromatic rings. The average molecular weight is 410 g/mol. The van der Waals surface area contributed by atoms with E-state index in [0.717, 1.165) is 5.56 Å². The van der Waals surface area contributed by atoms with Gasteiger partial charge in [0.15, 0.2) is 0 Å². The van der Waals surface area contributed by atoms with E-state index in [1.165, 1.54) is 24.3 Å². The van der Waals surface area contributed by atoms with Crippen LogP contribution in [-0.4, -0.2) is 29.6 Å². The summed E-state index contributed by atoms with van der Waals surface area (Å²) in [5.41, 5.74) is 1.82. The first-order valence-corrected chi connectivity index (χ1v) is 10.0. The van der Waals surface area contributed by atoms with Gasteiger partial charge in [0.2, 0.25) is 0 Å². The van der Waals surface area contributed by atoms with Gasteiger partial charge in [-0.05, 0) is 54.4 Å². The number of phenols is 1. The first-order valence-electron chi connectivity index (χ1n) is 8.55. The quantitative estimate of drug-likeness (QED) is 0.533. The van der Waals surface area contributed by atoms with Gasteiger partial charge in [-0.2, -0.15) is 0 Å². The fourth-order valence-electron chi connectivity index (χ4n) is 2.58. The van der Waals surface area contributed by atoms with E-state index < -0.39 is 16.0 Å². The van der Waals surface area contributed by atoms with Crippen LogP contribution < -0.4 is 4.72 Å². The van der Waals surface area contributed by atoms with Crippen LogP contribution in [0.25, 0.3) is 12.2 Å². The molecule has 1 heterocycles. The van der Waals surface area contributed by atoms with E-state index in [-0.39, 0.29) is 22.0 Å². The van der Waals surface area contributed by atoms with Crippen molar-refractivity contribution in [2.75, 3.05) is 4.72 Å². The van der Waals surface area contributed by atoms with Gasteiger partial charge in [-0.25, -0.2) is 18.2 Å². The second-order valence-corrected chi connectivity index (χ2v) is 7.94. The van der Waals surface area contributed by atoms with Crippen molar-refractivity contribution in [2.45, 2.75) is 11.8 Å². The van der Waals surface area contributed by atoms with Gasteiger partial charge in [0.25, 0.3) is 10.0 Å². The van der Waals surface area contributed by atoms with Crippen LogP contribution in [0.4, 0.5) is 5.82 Å². The predicted molar refractivity (Wildman–Crippen MR) is 110 cm³/mol. The minimum atomic E-state index is -3.76. The van der Waals surface area contributed by atoms with Gasteiger partial charge < -0.3 is 10.2 Å². The maximum atomic E-state index is 12.5. The third-order valence-electron chi connectivity index (χ3n) is 4.04. The molecular formula is C21H18N2O5S. The second-order valence-electron chi connectivity index (χ2n) is 6.25. The third-order valence-corrected chi connectivity index (χ3v) is 5.41. The van der Waals surface area contributed by atoms with Crippen molar-refractivity contribution >= 4 is 34.0 Å². The van der Waals surface area contributed by atoms with Crippen molar-refractivity contribution in [1.82, 2.24) is 4.98 Å². The standard InChI is InChI=1S/C21H18N2O5S/c1-14-3-2-4-20(22-14)23-29(27,28)17-10-7-15(8-11-17)5-6-16-9-12-19(24)18(13-16)21(25)26/h2-13,24H,1H3,(H,22,23)(H,25,26). The fraction of sp³-hybridized carbons (Fsp3) is 0.0476. The number of aromatic nitrogens is 1. The van der Waals surface area contributed by atoms with Crippen LogP contribution in [0.2, 0.25) is 0 Å². The SMILES string of the molecule is Cc1cccc(NS(=O)(=O)c2ccc(C=Cc3ccc(O)c(C(=O)O)c3)cc2)n1. The number of aromatic hydroxyl groups is 1. The Bertz CT molecular complexity index is 1190. The van der Waals surface area contributed by atoms with Gasteiger partial charge >= 0.3 is 5.97 Å². The number of rotatable bonds is 6. The number of carbonyl (C=O) groups is 1. The number of aromatic carboxylic acids is 1. The van der Waals surface area contributed by atoms with E-state index in [1.54, 1.807) is 55.5 Å². The van der Waals surface area contributed by atoms with Gasteiger partial charge in [-0.3, -0.25) is 4.72 Å². The number of pyridine rings is 1. The number of benzene rings is 2. The monoisotopic (exact) mass is 410 g/mol. The number of carboxylic acid groups (broad SMARTS) is 1. The Morgan fingerprint density at radius 1 is 1.00 bits per heavy atom. The summed E-state index contributed by atoms with van der Waals surface area (Å²) in [6.45, 7) is 1.77. The predicted octanol–water partition coefficient (Wildman–Crippen LogP) is 3.77. The lowest BCUT2D eigenvalue weighted by Crippen LogP contribution is -2.14. The summed E-state index contributed by atoms with van der Waals surface area (Å²) in [6.07, 6.45) is 3.38. The summed E-state index contributed by atoms with van der Waals surface area (Å²) < 4.78 is 27.4. The van der Waals surface area contributed by atoms with Crippen molar-refractivity contribution in [2.24, 2.45) is 0 Å². The van der Waals surface area contributed by atoms with Gasteiger partial charge in [0.1, 0.15) is 17.1 Å². The summed E-state index contributed by atoms with van der Waals surface area (Å²) in [5, 5.41) is 18.6. The van der Waals surface area contributed by atoms with Crippen molar-refractivity contribution < 1.29 is 23.4 Å². The Morgan fingerprint density at radius 3 is 2.31 bits per heavy atom. The summed E-state index contributed by atoms with van der Waals surface area (Å²) in [6, 6.07) is 15.5. The van der Waals surface area contributed by atoms with Crippen molar-refractivity contribution in [3.05, 3.63) is 83.0 Å². The molecule has 0 saturated carbocycles. The molecule has 0 aliphatic rings. The van der Waals surface area contributed by atoms with E-state index in [9.17, 15) is 18.3 Å². The Labute approximate surface area is 168 Å². The van der Waals surface area contributed by atoms with Crippen LogP contribution in [0.3, 0.4) is 0 Å². The third kappa shape index (κ3) is 4.99. The highest BCUT2D eigenvalue weighted by molar-refractivity contribution is 7.92. The lowest BCUT2D eigenvalue weighted by Gasteiger charge is -2.08. The van der Waals surface area contributed by atoms with Crippen LogP contribution in [-0.2, 0) is 10.0 Å². The van der Waals surface area contributed by atoms with E-state index in [2.05, 4.69) is 9.71 Å². The van der Waals surface area contributed by atoms with Crippen molar-refractivity contribution in [3.8, 4) is 5.75 Å². The molecule has 2 aromatic carbocycles. The molecule has 0 bridgehead atoms. The number of hydrogen-bond donors (Lipinski definition) is 3. The maximum absolute atomic E-state index is 12.5. The first-order chi connectivity index (χ1) is 13.7. The van der Waals surface area contributed by atoms with Crippen LogP contribution in [0.5, 0.6) is 5.75 Å². The number of nitrogens with zero attached hydrogens (tertiary/aromatic N) is 1. The zero-order valence-electron chi connectivity index (χ0n) is 15.4. The molecule has 3 N–H and O–H groups in total. The smallest absolute Gasteiger partial charge is 0.339 e. The van der Waals surface area contributed by atoms with Gasteiger partial charge in [0.05, 0.1) is 4.90 Å². The zero-order chi connectivity index (χ0) is 21.0. The highest BCUT2D eigenvalue weighted by Crippen LogP contribution is 2.21. The highest BCUT2D eigenvalue weighted by atomic mass is 32.2. The zero-order valence-corrected chi connectivity index (χ0v) is 16.2. The van der Waals surface area contributed by atoms with Crippen LogP contribution in [0, 0.1) is 6.92 Å². The molecule has 0 aliphatic heterocycles. The molecule has 7 nitrogen and oxygen atoms in total. The minimum Gasteiger partial charge on any atom is -0.507 e. The molecule has 0 amide bonds. The molecule has 148 valence electrons. The molecule has 3 rings (SSSR count). The average Bonchev–Trinajstić information content (AvgIpc) is 2.67. The Hall–Kier alpha value is -3.65. The van der Waals surface area contributed by atoms with Crippen LogP contribution in [0.1, 0.15) is 27.2 Å². The largest absolute Gasteiger partial charge is 0.507 e. The molecule has 0 saturated heterocycles. The number of aryl methyl sites for hydroxylation is 1. The molecule has 8 heteroatoms. The molecule has 0 spiro atoms. The molecule has 0 aliphatic carbocycles. The summed E-state index contributed by atoms with van der Waals surface area (Å²) in [7, 11) is -3.76. The summed E-state index contributed by atoms with van der Waals surface area (Å²) >= 11 is 0. The minimum absolute atomic E-state index is 0.0933. The normalized spacial score (nSPS) is 11.5. The topological polar surface area (TPSA) is 117 Å². The van der Waals surface area contributed by atoms with E-state index in [0.29, 0.717) is 11.3 Å². The summed E-state index contributed by atoms with van der Waals surface area (Å²) in [4.78, 5) is 15.3. The van der Waals surface area contributed by atoms with Gasteiger partial charge in [-0.15, -0.1) is 0 Å². The van der Waals surface area contributed by atoms with Crippen LogP contribution in [0.15, 0.2) is 65.6 Å². The number of anilines is 1. The molecule has 0 unspecified atom stereocenters. The number of hydrogen-bond acceptors (Lipinski definition) is 5. The molecule has 1 aromatic heterocycles. The van der Waals surface area contributed by atoms with Crippen molar-refractivity contribution in [3.63, 3.8) is 0 Å². The van der Waals surface area contributed by atoms with Crippen LogP contribution >= 0.6 is 0 Å². The van der Waals surface area contributed by atoms with E-state index in [1.807, 2.05) is 0 Å². The number of carboxylic acids is 1. The van der Waals surface area contributed by atoms with Gasteiger partial charge in [-0.1, -0.05) is 36.4 Å². The molecule has 0 atom stereocenters. The summed E-state index contributed by atoms with van der Waals surface area (Å²) in [5.74, 6) is -1.28. The van der Waals surface area contributed by atoms with E-state index in [4.69, 9.17) is 5.11 Å². The Morgan fingerprint density at radius 2 is 1.66 bits per heavy atom. The number of nitrogens with one attached hydrogen (secondary N) is 1. The maximum Gasteiger partial charge on any atom is 0.339 e. The fourth-order valence-corrected chi connectivity index (χ4v) is 3.58. The Kier molecular flexibility index (Phi) is 5.65. The molecular weight excluding hydrogens is 392 g/mol. The van der Waals surface area contributed by atoms with Crippen molar-refractivity contribution in [1.29, 1.82) is 0 Å². The van der Waals surface area contributed by atoms with Gasteiger partial charge in [0, 0.05) is 5.69 Å². The first kappa shape index (κ1) is 20.1. The molecule has 29 heavy (non-hydrogen) atoms. The lowest BCUT2D eigenvalue weighted by atomic mass is 10.1. The lowest BCUT2D eigenvalue weighted by molar-refractivity contribution is 0.0693.